The van der Waals surface area contributed by atoms with Crippen LogP contribution in [-0.4, -0.2) is 69.2 Å². The molecule has 0 radical (unpaired) electrons. The predicted molar refractivity (Wildman–Crippen MR) is 179 cm³/mol. The number of anilines is 1. The second-order valence-corrected chi connectivity index (χ2v) is 14.0. The first-order valence-corrected chi connectivity index (χ1v) is 17.4. The number of carbonyl (C=O) groups excluding carboxylic acids is 1. The molecule has 0 aromatic heterocycles. The number of aliphatic hydroxyl groups is 1. The van der Waals surface area contributed by atoms with E-state index in [1.54, 1.807) is 37.3 Å². The average Bonchev–Trinajstić information content (AvgIpc) is 3.02. The van der Waals surface area contributed by atoms with Gasteiger partial charge in [0.15, 0.2) is 0 Å². The van der Waals surface area contributed by atoms with Gasteiger partial charge in [-0.3, -0.25) is 4.79 Å². The Morgan fingerprint density at radius 3 is 2.71 bits per heavy atom. The molecular weight excluding hydrogens is 614 g/mol. The highest BCUT2D eigenvalue weighted by Gasteiger charge is 2.37. The number of nitrogens with one attached hydrogen (secondary N) is 1. The largest absolute Gasteiger partial charge is 0.487 e. The summed E-state index contributed by atoms with van der Waals surface area (Å²) in [7, 11) is -2.69. The number of fused-ring (bicyclic) bond motifs is 2. The molecule has 2 aromatic carbocycles. The van der Waals surface area contributed by atoms with E-state index in [0.29, 0.717) is 42.6 Å². The van der Waals surface area contributed by atoms with Crippen LogP contribution in [0.3, 0.4) is 0 Å². The summed E-state index contributed by atoms with van der Waals surface area (Å²) >= 11 is 6.31. The topological polar surface area (TPSA) is 108 Å². The first kappa shape index (κ1) is 35.0. The van der Waals surface area contributed by atoms with Gasteiger partial charge in [0.2, 0.25) is 0 Å². The third kappa shape index (κ3) is 8.89. The van der Waals surface area contributed by atoms with Crippen LogP contribution in [0.5, 0.6) is 5.75 Å². The quantitative estimate of drug-likeness (QED) is 0.273. The van der Waals surface area contributed by atoms with Crippen molar-refractivity contribution in [1.29, 1.82) is 0 Å². The molecule has 1 heterocycles. The van der Waals surface area contributed by atoms with E-state index in [-0.39, 0.29) is 30.6 Å². The van der Waals surface area contributed by atoms with Crippen LogP contribution in [0, 0.1) is 11.8 Å². The van der Waals surface area contributed by atoms with Gasteiger partial charge in [0.1, 0.15) is 12.4 Å². The molecule has 0 saturated heterocycles. The van der Waals surface area contributed by atoms with Gasteiger partial charge in [-0.05, 0) is 98.7 Å². The molecular formula is C34H46ClN3O6S. The molecule has 246 valence electrons. The fraction of sp³-hybridized carbons (Fsp3) is 0.500. The number of ether oxygens (including phenoxy) is 2. The van der Waals surface area contributed by atoms with Crippen LogP contribution in [0.1, 0.15) is 60.5 Å². The molecule has 0 bridgehead atoms. The van der Waals surface area contributed by atoms with Crippen LogP contribution in [0.15, 0.2) is 61.7 Å². The Morgan fingerprint density at radius 1 is 1.22 bits per heavy atom. The van der Waals surface area contributed by atoms with Crippen molar-refractivity contribution in [2.45, 2.75) is 64.2 Å². The van der Waals surface area contributed by atoms with E-state index >= 15 is 0 Å². The molecule has 1 fully saturated rings. The molecule has 0 spiro atoms. The van der Waals surface area contributed by atoms with Gasteiger partial charge in [-0.1, -0.05) is 29.8 Å². The van der Waals surface area contributed by atoms with Crippen molar-refractivity contribution < 1.29 is 27.8 Å². The van der Waals surface area contributed by atoms with E-state index in [9.17, 15) is 18.3 Å². The standard InChI is InChI=1S/C34H46ClN3O6S/c1-5-9-24(3)38(18-19-43-4)45(41,42)36-34(40)26-13-16-33-31(21-26)37(22-27-12-15-30(27)32(39)6-2)17-8-7-10-25-20-29(35)14-11-28(25)23-44-33/h5-6,11,13-14,16,20-21,24,27,30,32,39H,1-2,7-10,12,15,17-19,22-23H2,3-4H3,(H,36,40)/t24-,27-,30+,32-/m0/s1. The van der Waals surface area contributed by atoms with Gasteiger partial charge in [0.05, 0.1) is 18.4 Å². The summed E-state index contributed by atoms with van der Waals surface area (Å²) in [6.07, 6.45) is 7.66. The van der Waals surface area contributed by atoms with Crippen LogP contribution in [0.4, 0.5) is 5.69 Å². The Bertz CT molecular complexity index is 1450. The van der Waals surface area contributed by atoms with E-state index in [1.165, 1.54) is 11.4 Å². The van der Waals surface area contributed by atoms with E-state index in [0.717, 1.165) is 43.2 Å². The normalized spacial score (nSPS) is 20.0. The molecule has 9 nitrogen and oxygen atoms in total. The summed E-state index contributed by atoms with van der Waals surface area (Å²) in [6.45, 7) is 11.2. The molecule has 0 unspecified atom stereocenters. The van der Waals surface area contributed by atoms with Gasteiger partial charge < -0.3 is 19.5 Å². The third-order valence-corrected chi connectivity index (χ3v) is 10.7. The fourth-order valence-electron chi connectivity index (χ4n) is 6.16. The van der Waals surface area contributed by atoms with Crippen LogP contribution in [-0.2, 0) is 28.0 Å². The van der Waals surface area contributed by atoms with Crippen molar-refractivity contribution in [3.8, 4) is 5.75 Å². The Kier molecular flexibility index (Phi) is 12.5. The molecule has 4 rings (SSSR count). The summed E-state index contributed by atoms with van der Waals surface area (Å²) in [5.41, 5.74) is 3.11. The number of hydrogen-bond acceptors (Lipinski definition) is 7. The lowest BCUT2D eigenvalue weighted by Crippen LogP contribution is -2.48. The van der Waals surface area contributed by atoms with Crippen molar-refractivity contribution in [2.24, 2.45) is 11.8 Å². The number of hydrogen-bond donors (Lipinski definition) is 2. The number of carbonyl (C=O) groups is 1. The second kappa shape index (κ2) is 16.1. The van der Waals surface area contributed by atoms with Gasteiger partial charge in [-0.2, -0.15) is 12.7 Å². The van der Waals surface area contributed by atoms with E-state index in [2.05, 4.69) is 22.8 Å². The fourth-order valence-corrected chi connectivity index (χ4v) is 7.70. The highest BCUT2D eigenvalue weighted by molar-refractivity contribution is 7.87. The first-order valence-electron chi connectivity index (χ1n) is 15.6. The van der Waals surface area contributed by atoms with Crippen molar-refractivity contribution in [1.82, 2.24) is 9.03 Å². The SMILES string of the molecule is C=CC[C@H](C)N(CCOC)S(=O)(=O)NC(=O)c1ccc2c(c1)N(C[C@@H]1CC[C@H]1[C@@H](O)C=C)CCCCc1cc(Cl)ccc1CO2. The maximum atomic E-state index is 13.5. The minimum absolute atomic E-state index is 0.0890. The van der Waals surface area contributed by atoms with Crippen LogP contribution in [0.2, 0.25) is 5.02 Å². The minimum atomic E-state index is -4.18. The maximum absolute atomic E-state index is 13.5. The molecule has 1 saturated carbocycles. The first-order chi connectivity index (χ1) is 21.6. The van der Waals surface area contributed by atoms with Gasteiger partial charge in [0.25, 0.3) is 5.91 Å². The molecule has 2 aliphatic rings. The molecule has 1 aliphatic heterocycles. The maximum Gasteiger partial charge on any atom is 0.304 e. The molecule has 1 amide bonds. The zero-order valence-electron chi connectivity index (χ0n) is 26.3. The highest BCUT2D eigenvalue weighted by atomic mass is 35.5. The third-order valence-electron chi connectivity index (χ3n) is 8.89. The minimum Gasteiger partial charge on any atom is -0.487 e. The average molecular weight is 660 g/mol. The Morgan fingerprint density at radius 2 is 2.02 bits per heavy atom. The van der Waals surface area contributed by atoms with Gasteiger partial charge in [-0.15, -0.1) is 13.2 Å². The summed E-state index contributed by atoms with van der Waals surface area (Å²) in [5, 5.41) is 11.2. The van der Waals surface area contributed by atoms with Gasteiger partial charge >= 0.3 is 10.2 Å². The number of halogens is 1. The zero-order chi connectivity index (χ0) is 32.6. The highest BCUT2D eigenvalue weighted by Crippen LogP contribution is 2.40. The molecule has 4 atom stereocenters. The summed E-state index contributed by atoms with van der Waals surface area (Å²) in [4.78, 5) is 15.7. The Hall–Kier alpha value is -2.89. The molecule has 45 heavy (non-hydrogen) atoms. The van der Waals surface area contributed by atoms with Gasteiger partial charge in [0, 0.05) is 43.4 Å². The number of methoxy groups -OCH3 is 1. The van der Waals surface area contributed by atoms with Crippen LogP contribution >= 0.6 is 11.6 Å². The molecule has 11 heteroatoms. The van der Waals surface area contributed by atoms with Crippen molar-refractivity contribution in [2.75, 3.05) is 38.3 Å². The van der Waals surface area contributed by atoms with Crippen molar-refractivity contribution in [3.63, 3.8) is 0 Å². The predicted octanol–water partition coefficient (Wildman–Crippen LogP) is 5.52. The van der Waals surface area contributed by atoms with Crippen LogP contribution in [0.25, 0.3) is 0 Å². The summed E-state index contributed by atoms with van der Waals surface area (Å²) in [5.74, 6) is 0.219. The lowest BCUT2D eigenvalue weighted by atomic mass is 9.70. The number of amides is 1. The van der Waals surface area contributed by atoms with Gasteiger partial charge in [-0.25, -0.2) is 4.72 Å². The number of rotatable bonds is 13. The molecule has 2 N–H and O–H groups in total. The lowest BCUT2D eigenvalue weighted by molar-refractivity contribution is 0.0465. The van der Waals surface area contributed by atoms with Crippen LogP contribution < -0.4 is 14.4 Å². The number of benzene rings is 2. The lowest BCUT2D eigenvalue weighted by Gasteiger charge is -2.42. The van der Waals surface area contributed by atoms with E-state index in [4.69, 9.17) is 21.1 Å². The number of aliphatic hydroxyl groups excluding tert-OH is 1. The zero-order valence-corrected chi connectivity index (χ0v) is 27.9. The monoisotopic (exact) mass is 659 g/mol. The number of aryl methyl sites for hydroxylation is 1. The molecule has 2 aromatic rings. The smallest absolute Gasteiger partial charge is 0.304 e. The van der Waals surface area contributed by atoms with Crippen molar-refractivity contribution >= 4 is 33.4 Å². The molecule has 1 aliphatic carbocycles. The summed E-state index contributed by atoms with van der Waals surface area (Å²) < 4.78 is 41.8. The van der Waals surface area contributed by atoms with Crippen molar-refractivity contribution in [3.05, 3.63) is 83.4 Å². The summed E-state index contributed by atoms with van der Waals surface area (Å²) in [6, 6.07) is 10.5. The second-order valence-electron chi connectivity index (χ2n) is 11.9. The Labute approximate surface area is 273 Å². The van der Waals surface area contributed by atoms with E-state index < -0.39 is 28.3 Å². The Balaban J connectivity index is 1.66. The van der Waals surface area contributed by atoms with E-state index in [1.807, 2.05) is 18.2 Å². The number of nitrogens with zero attached hydrogens (tertiary/aromatic N) is 2.